The number of amidine groups is 1. The topological polar surface area (TPSA) is 91.7 Å². The third-order valence-corrected chi connectivity index (χ3v) is 3.67. The van der Waals surface area contributed by atoms with E-state index in [1.807, 2.05) is 13.8 Å². The maximum Gasteiger partial charge on any atom is 0.338 e. The molecule has 0 saturated carbocycles. The Labute approximate surface area is 122 Å². The summed E-state index contributed by atoms with van der Waals surface area (Å²) in [4.78, 5) is 31.8. The highest BCUT2D eigenvalue weighted by Crippen LogP contribution is 2.27. The van der Waals surface area contributed by atoms with Crippen LogP contribution >= 0.6 is 0 Å². The predicted octanol–water partition coefficient (Wildman–Crippen LogP) is 1.05. The highest BCUT2D eigenvalue weighted by atomic mass is 16.4. The standard InChI is InChI=1S/C15H15N3O3/c1-5-9-6-10(13(19)20)11(16-7-9)12-17-14(21)15(4,18-12)8(2)3/h1,6-8H,2-4H3,(H,19,20)(H,17,18,21). The molecule has 1 aromatic rings. The van der Waals surface area contributed by atoms with Crippen molar-refractivity contribution < 1.29 is 14.7 Å². The molecule has 0 spiro atoms. The highest BCUT2D eigenvalue weighted by molar-refractivity contribution is 6.17. The quantitative estimate of drug-likeness (QED) is 0.812. The first-order chi connectivity index (χ1) is 9.79. The Morgan fingerprint density at radius 1 is 1.52 bits per heavy atom. The monoisotopic (exact) mass is 285 g/mol. The Bertz CT molecular complexity index is 701. The van der Waals surface area contributed by atoms with E-state index in [2.05, 4.69) is 21.2 Å². The molecule has 0 bridgehead atoms. The lowest BCUT2D eigenvalue weighted by molar-refractivity contribution is -0.124. The molecule has 2 heterocycles. The van der Waals surface area contributed by atoms with E-state index in [1.54, 1.807) is 6.92 Å². The van der Waals surface area contributed by atoms with Crippen molar-refractivity contribution in [3.05, 3.63) is 29.1 Å². The summed E-state index contributed by atoms with van der Waals surface area (Å²) in [7, 11) is 0. The van der Waals surface area contributed by atoms with E-state index >= 15 is 0 Å². The van der Waals surface area contributed by atoms with Crippen molar-refractivity contribution in [2.75, 3.05) is 0 Å². The zero-order chi connectivity index (χ0) is 15.8. The zero-order valence-electron chi connectivity index (χ0n) is 12.0. The van der Waals surface area contributed by atoms with E-state index < -0.39 is 11.5 Å². The number of rotatable bonds is 3. The minimum atomic E-state index is -1.18. The second-order valence-electron chi connectivity index (χ2n) is 5.29. The summed E-state index contributed by atoms with van der Waals surface area (Å²) in [6, 6.07) is 1.34. The molecule has 6 heteroatoms. The lowest BCUT2D eigenvalue weighted by atomic mass is 9.89. The second-order valence-corrected chi connectivity index (χ2v) is 5.29. The van der Waals surface area contributed by atoms with Gasteiger partial charge in [-0.25, -0.2) is 9.79 Å². The molecule has 1 aliphatic rings. The number of hydrogen-bond donors (Lipinski definition) is 2. The minimum Gasteiger partial charge on any atom is -0.478 e. The molecule has 21 heavy (non-hydrogen) atoms. The average Bonchev–Trinajstić information content (AvgIpc) is 2.75. The molecule has 1 atom stereocenters. The van der Waals surface area contributed by atoms with Crippen molar-refractivity contribution in [1.82, 2.24) is 10.3 Å². The van der Waals surface area contributed by atoms with Gasteiger partial charge in [-0.1, -0.05) is 19.8 Å². The predicted molar refractivity (Wildman–Crippen MR) is 77.1 cm³/mol. The lowest BCUT2D eigenvalue weighted by Crippen LogP contribution is -2.41. The second kappa shape index (κ2) is 5.02. The fraction of sp³-hybridized carbons (Fsp3) is 0.333. The van der Waals surface area contributed by atoms with E-state index in [0.29, 0.717) is 5.56 Å². The van der Waals surface area contributed by atoms with E-state index in [1.165, 1.54) is 12.3 Å². The molecule has 0 fully saturated rings. The summed E-state index contributed by atoms with van der Waals surface area (Å²) in [6.07, 6.45) is 6.62. The van der Waals surface area contributed by atoms with Gasteiger partial charge in [0.15, 0.2) is 5.84 Å². The van der Waals surface area contributed by atoms with E-state index in [0.717, 1.165) is 0 Å². The van der Waals surface area contributed by atoms with Crippen LogP contribution in [-0.2, 0) is 4.79 Å². The number of aliphatic imine (C=N–C) groups is 1. The summed E-state index contributed by atoms with van der Waals surface area (Å²) in [5.41, 5.74) is -0.554. The van der Waals surface area contributed by atoms with Gasteiger partial charge in [0.25, 0.3) is 5.91 Å². The third kappa shape index (κ3) is 2.38. The summed E-state index contributed by atoms with van der Waals surface area (Å²) < 4.78 is 0. The van der Waals surface area contributed by atoms with E-state index in [-0.39, 0.29) is 28.9 Å². The number of carboxylic acid groups (broad SMARTS) is 1. The number of nitrogens with one attached hydrogen (secondary N) is 1. The number of amides is 1. The van der Waals surface area contributed by atoms with Crippen LogP contribution in [0.25, 0.3) is 0 Å². The van der Waals surface area contributed by atoms with Gasteiger partial charge >= 0.3 is 5.97 Å². The number of pyridine rings is 1. The van der Waals surface area contributed by atoms with Gasteiger partial charge < -0.3 is 10.4 Å². The summed E-state index contributed by atoms with van der Waals surface area (Å²) in [5.74, 6) is 1.01. The van der Waals surface area contributed by atoms with Crippen LogP contribution in [0.2, 0.25) is 0 Å². The molecule has 1 amide bonds. The Hall–Kier alpha value is -2.68. The Morgan fingerprint density at radius 3 is 2.67 bits per heavy atom. The Kier molecular flexibility index (Phi) is 3.52. The van der Waals surface area contributed by atoms with Gasteiger partial charge in [-0.15, -0.1) is 6.42 Å². The van der Waals surface area contributed by atoms with Crippen molar-refractivity contribution in [2.24, 2.45) is 10.9 Å². The smallest absolute Gasteiger partial charge is 0.338 e. The van der Waals surface area contributed by atoms with Crippen LogP contribution in [0.4, 0.5) is 0 Å². The molecule has 0 radical (unpaired) electrons. The maximum absolute atomic E-state index is 12.1. The van der Waals surface area contributed by atoms with Gasteiger partial charge in [0.2, 0.25) is 0 Å². The van der Waals surface area contributed by atoms with Crippen LogP contribution in [0, 0.1) is 18.3 Å². The molecule has 0 saturated heterocycles. The number of hydrogen-bond acceptors (Lipinski definition) is 4. The van der Waals surface area contributed by atoms with Gasteiger partial charge in [0.05, 0.1) is 5.56 Å². The number of carboxylic acids is 1. The van der Waals surface area contributed by atoms with Gasteiger partial charge in [0, 0.05) is 11.8 Å². The number of nitrogens with zero attached hydrogens (tertiary/aromatic N) is 2. The maximum atomic E-state index is 12.1. The highest BCUT2D eigenvalue weighted by Gasteiger charge is 2.43. The largest absolute Gasteiger partial charge is 0.478 e. The van der Waals surface area contributed by atoms with Gasteiger partial charge in [0.1, 0.15) is 11.2 Å². The molecule has 6 nitrogen and oxygen atoms in total. The van der Waals surface area contributed by atoms with Crippen molar-refractivity contribution in [1.29, 1.82) is 0 Å². The molecule has 1 aromatic heterocycles. The number of aromatic nitrogens is 1. The SMILES string of the molecule is C#Cc1cnc(C2=NC(C)(C(C)C)C(=O)N2)c(C(=O)O)c1. The first-order valence-electron chi connectivity index (χ1n) is 6.41. The molecule has 108 valence electrons. The molecular weight excluding hydrogens is 270 g/mol. The molecular formula is C15H15N3O3. The number of carbonyl (C=O) groups is 2. The molecule has 2 N–H and O–H groups in total. The van der Waals surface area contributed by atoms with Crippen molar-refractivity contribution >= 4 is 17.7 Å². The summed E-state index contributed by atoms with van der Waals surface area (Å²) >= 11 is 0. The number of carbonyl (C=O) groups excluding carboxylic acids is 1. The fourth-order valence-electron chi connectivity index (χ4n) is 1.94. The van der Waals surface area contributed by atoms with Crippen molar-refractivity contribution in [3.63, 3.8) is 0 Å². The summed E-state index contributed by atoms with van der Waals surface area (Å²) in [5, 5.41) is 11.9. The Balaban J connectivity index is 2.56. The van der Waals surface area contributed by atoms with Crippen LogP contribution < -0.4 is 5.32 Å². The molecule has 0 aliphatic carbocycles. The third-order valence-electron chi connectivity index (χ3n) is 3.67. The first kappa shape index (κ1) is 14.7. The van der Waals surface area contributed by atoms with Crippen LogP contribution in [-0.4, -0.2) is 33.3 Å². The summed E-state index contributed by atoms with van der Waals surface area (Å²) in [6.45, 7) is 5.45. The minimum absolute atomic E-state index is 0.0340. The average molecular weight is 285 g/mol. The van der Waals surface area contributed by atoms with Gasteiger partial charge in [-0.2, -0.15) is 0 Å². The van der Waals surface area contributed by atoms with Crippen molar-refractivity contribution in [2.45, 2.75) is 26.3 Å². The first-order valence-corrected chi connectivity index (χ1v) is 6.41. The molecule has 1 unspecified atom stereocenters. The molecule has 1 aliphatic heterocycles. The van der Waals surface area contributed by atoms with Gasteiger partial charge in [-0.3, -0.25) is 9.78 Å². The number of terminal acetylenes is 1. The van der Waals surface area contributed by atoms with Crippen LogP contribution in [0.3, 0.4) is 0 Å². The van der Waals surface area contributed by atoms with Crippen molar-refractivity contribution in [3.8, 4) is 12.3 Å². The van der Waals surface area contributed by atoms with Crippen LogP contribution in [0.15, 0.2) is 17.3 Å². The van der Waals surface area contributed by atoms with E-state index in [4.69, 9.17) is 6.42 Å². The fourth-order valence-corrected chi connectivity index (χ4v) is 1.94. The van der Waals surface area contributed by atoms with E-state index in [9.17, 15) is 14.7 Å². The normalized spacial score (nSPS) is 20.9. The van der Waals surface area contributed by atoms with Crippen LogP contribution in [0.5, 0.6) is 0 Å². The zero-order valence-corrected chi connectivity index (χ0v) is 12.0. The molecule has 0 aromatic carbocycles. The van der Waals surface area contributed by atoms with Gasteiger partial charge in [-0.05, 0) is 18.9 Å². The van der Waals surface area contributed by atoms with Crippen LogP contribution in [0.1, 0.15) is 42.4 Å². The lowest BCUT2D eigenvalue weighted by Gasteiger charge is -2.21. The molecule has 2 rings (SSSR count). The Morgan fingerprint density at radius 2 is 2.19 bits per heavy atom. The number of aromatic carboxylic acids is 1.